The lowest BCUT2D eigenvalue weighted by Gasteiger charge is -2.32. The van der Waals surface area contributed by atoms with E-state index in [1.807, 2.05) is 27.7 Å². The summed E-state index contributed by atoms with van der Waals surface area (Å²) in [7, 11) is -0.669. The van der Waals surface area contributed by atoms with E-state index in [0.29, 0.717) is 22.2 Å². The van der Waals surface area contributed by atoms with Gasteiger partial charge in [-0.1, -0.05) is 0 Å². The molecule has 1 aromatic heterocycles. The third-order valence-corrected chi connectivity index (χ3v) is 6.12. The van der Waals surface area contributed by atoms with Crippen LogP contribution in [0.15, 0.2) is 44.4 Å². The third-order valence-electron chi connectivity index (χ3n) is 5.24. The minimum atomic E-state index is -0.693. The zero-order valence-corrected chi connectivity index (χ0v) is 17.1. The van der Waals surface area contributed by atoms with Crippen molar-refractivity contribution in [2.75, 3.05) is 4.72 Å². The Hall–Kier alpha value is -2.30. The van der Waals surface area contributed by atoms with E-state index in [0.717, 1.165) is 18.0 Å². The Bertz CT molecular complexity index is 1130. The standard InChI is InChI=1S/C19H19BF2N2O4S/c1-18(2)19(3,4)28-20(27-18)10-7-13(16-14(8-10)26-17(25)23-16)24-29-15-6-5-11(21)9-12(15)22/h5-9,24H,1-4H3,(H,23,25). The lowest BCUT2D eigenvalue weighted by atomic mass is 9.79. The van der Waals surface area contributed by atoms with Gasteiger partial charge in [-0.15, -0.1) is 0 Å². The van der Waals surface area contributed by atoms with Gasteiger partial charge in [-0.05, 0) is 69.4 Å². The molecule has 0 atom stereocenters. The molecule has 6 nitrogen and oxygen atoms in total. The van der Waals surface area contributed by atoms with Gasteiger partial charge in [0.25, 0.3) is 0 Å². The van der Waals surface area contributed by atoms with Gasteiger partial charge < -0.3 is 18.4 Å². The predicted molar refractivity (Wildman–Crippen MR) is 108 cm³/mol. The minimum Gasteiger partial charge on any atom is -0.408 e. The fourth-order valence-corrected chi connectivity index (χ4v) is 3.61. The molecule has 3 aromatic rings. The fraction of sp³-hybridized carbons (Fsp3) is 0.316. The maximum absolute atomic E-state index is 13.9. The summed E-state index contributed by atoms with van der Waals surface area (Å²) in [5.41, 5.74) is 0.777. The molecular weight excluding hydrogens is 401 g/mol. The molecule has 29 heavy (non-hydrogen) atoms. The molecular formula is C19H19BF2N2O4S. The first-order chi connectivity index (χ1) is 13.6. The van der Waals surface area contributed by atoms with E-state index in [9.17, 15) is 13.6 Å². The molecule has 0 saturated carbocycles. The highest BCUT2D eigenvalue weighted by molar-refractivity contribution is 8.00. The first-order valence-corrected chi connectivity index (χ1v) is 9.78. The predicted octanol–water partition coefficient (Wildman–Crippen LogP) is 3.82. The summed E-state index contributed by atoms with van der Waals surface area (Å²) in [4.78, 5) is 14.5. The molecule has 4 rings (SSSR count). The van der Waals surface area contributed by atoms with Crippen molar-refractivity contribution in [2.24, 2.45) is 0 Å². The monoisotopic (exact) mass is 420 g/mol. The van der Waals surface area contributed by atoms with Crippen LogP contribution >= 0.6 is 11.9 Å². The number of H-pyrrole nitrogens is 1. The number of nitrogens with one attached hydrogen (secondary N) is 2. The van der Waals surface area contributed by atoms with E-state index in [-0.39, 0.29) is 4.90 Å². The summed E-state index contributed by atoms with van der Waals surface area (Å²) in [6.45, 7) is 7.76. The zero-order valence-electron chi connectivity index (χ0n) is 16.3. The summed E-state index contributed by atoms with van der Waals surface area (Å²) >= 11 is 0.947. The van der Waals surface area contributed by atoms with Gasteiger partial charge in [-0.25, -0.2) is 13.6 Å². The van der Waals surface area contributed by atoms with Crippen molar-refractivity contribution in [3.8, 4) is 0 Å². The van der Waals surface area contributed by atoms with Crippen LogP contribution in [0, 0.1) is 11.6 Å². The average Bonchev–Trinajstić information content (AvgIpc) is 3.09. The molecule has 0 bridgehead atoms. The summed E-state index contributed by atoms with van der Waals surface area (Å²) in [6, 6.07) is 6.72. The number of fused-ring (bicyclic) bond motifs is 1. The molecule has 0 aliphatic carbocycles. The summed E-state index contributed by atoms with van der Waals surface area (Å²) in [6.07, 6.45) is 0. The Morgan fingerprint density at radius 3 is 2.41 bits per heavy atom. The second-order valence-corrected chi connectivity index (χ2v) is 8.67. The molecule has 152 valence electrons. The number of aromatic amines is 1. The highest BCUT2D eigenvalue weighted by Crippen LogP contribution is 2.37. The van der Waals surface area contributed by atoms with Crippen LogP contribution in [0.5, 0.6) is 0 Å². The van der Waals surface area contributed by atoms with Crippen molar-refractivity contribution in [1.82, 2.24) is 4.98 Å². The van der Waals surface area contributed by atoms with E-state index >= 15 is 0 Å². The van der Waals surface area contributed by atoms with Gasteiger partial charge in [0, 0.05) is 6.07 Å². The molecule has 1 aliphatic heterocycles. The van der Waals surface area contributed by atoms with Crippen LogP contribution in [0.1, 0.15) is 27.7 Å². The van der Waals surface area contributed by atoms with Crippen LogP contribution in [0.4, 0.5) is 14.5 Å². The first kappa shape index (κ1) is 20.0. The Morgan fingerprint density at radius 2 is 1.76 bits per heavy atom. The number of oxazole rings is 1. The van der Waals surface area contributed by atoms with Crippen molar-refractivity contribution in [2.45, 2.75) is 43.8 Å². The molecule has 2 N–H and O–H groups in total. The third kappa shape index (κ3) is 3.67. The lowest BCUT2D eigenvalue weighted by Crippen LogP contribution is -2.41. The van der Waals surface area contributed by atoms with Crippen LogP contribution in [0.25, 0.3) is 11.1 Å². The maximum Gasteiger partial charge on any atom is 0.495 e. The van der Waals surface area contributed by atoms with Gasteiger partial charge in [0.15, 0.2) is 5.58 Å². The number of hydrogen-bond acceptors (Lipinski definition) is 6. The van der Waals surface area contributed by atoms with Crippen molar-refractivity contribution in [3.05, 3.63) is 52.5 Å². The van der Waals surface area contributed by atoms with E-state index < -0.39 is 35.7 Å². The number of anilines is 1. The SMILES string of the molecule is CC1(C)OB(c2cc(NSc3ccc(F)cc3F)c3[nH]c(=O)oc3c2)OC1(C)C. The summed E-state index contributed by atoms with van der Waals surface area (Å²) in [5, 5.41) is 0. The fourth-order valence-electron chi connectivity index (χ4n) is 2.94. The van der Waals surface area contributed by atoms with Crippen LogP contribution in [0.2, 0.25) is 0 Å². The van der Waals surface area contributed by atoms with Gasteiger partial charge in [0.05, 0.1) is 21.8 Å². The van der Waals surface area contributed by atoms with Crippen LogP contribution < -0.4 is 15.9 Å². The van der Waals surface area contributed by atoms with E-state index in [1.54, 1.807) is 12.1 Å². The van der Waals surface area contributed by atoms with Gasteiger partial charge in [-0.3, -0.25) is 4.98 Å². The average molecular weight is 420 g/mol. The van der Waals surface area contributed by atoms with Crippen LogP contribution in [0.3, 0.4) is 0 Å². The van der Waals surface area contributed by atoms with Gasteiger partial charge in [-0.2, -0.15) is 0 Å². The maximum atomic E-state index is 13.9. The second kappa shape index (κ2) is 6.89. The number of halogens is 2. The van der Waals surface area contributed by atoms with Crippen molar-refractivity contribution in [3.63, 3.8) is 0 Å². The van der Waals surface area contributed by atoms with E-state index in [4.69, 9.17) is 13.7 Å². The number of benzene rings is 2. The first-order valence-electron chi connectivity index (χ1n) is 8.96. The molecule has 1 aliphatic rings. The summed E-state index contributed by atoms with van der Waals surface area (Å²) < 4.78 is 47.4. The zero-order chi connectivity index (χ0) is 21.0. The normalized spacial score (nSPS) is 17.8. The van der Waals surface area contributed by atoms with Gasteiger partial charge in [0.2, 0.25) is 0 Å². The Balaban J connectivity index is 1.69. The molecule has 0 amide bonds. The molecule has 2 aromatic carbocycles. The highest BCUT2D eigenvalue weighted by atomic mass is 32.2. The smallest absolute Gasteiger partial charge is 0.408 e. The molecule has 10 heteroatoms. The van der Waals surface area contributed by atoms with Gasteiger partial charge >= 0.3 is 12.9 Å². The van der Waals surface area contributed by atoms with Crippen LogP contribution in [-0.2, 0) is 9.31 Å². The van der Waals surface area contributed by atoms with Crippen molar-refractivity contribution >= 4 is 41.3 Å². The second-order valence-electron chi connectivity index (χ2n) is 7.82. The Morgan fingerprint density at radius 1 is 1.07 bits per heavy atom. The van der Waals surface area contributed by atoms with Crippen LogP contribution in [-0.4, -0.2) is 23.3 Å². The molecule has 2 heterocycles. The van der Waals surface area contributed by atoms with Crippen molar-refractivity contribution in [1.29, 1.82) is 0 Å². The van der Waals surface area contributed by atoms with E-state index in [1.165, 1.54) is 12.1 Å². The highest BCUT2D eigenvalue weighted by Gasteiger charge is 2.51. The number of rotatable bonds is 4. The molecule has 1 fully saturated rings. The summed E-state index contributed by atoms with van der Waals surface area (Å²) in [5.74, 6) is -1.97. The molecule has 0 radical (unpaired) electrons. The van der Waals surface area contributed by atoms with Gasteiger partial charge in [0.1, 0.15) is 17.2 Å². The Kier molecular flexibility index (Phi) is 4.75. The largest absolute Gasteiger partial charge is 0.495 e. The number of aromatic nitrogens is 1. The lowest BCUT2D eigenvalue weighted by molar-refractivity contribution is 0.00578. The van der Waals surface area contributed by atoms with E-state index in [2.05, 4.69) is 9.71 Å². The minimum absolute atomic E-state index is 0.200. The topological polar surface area (TPSA) is 76.5 Å². The number of hydrogen-bond donors (Lipinski definition) is 2. The van der Waals surface area contributed by atoms with Crippen molar-refractivity contribution < 1.29 is 22.5 Å². The quantitative estimate of drug-likeness (QED) is 0.494. The Labute approximate surface area is 170 Å². The molecule has 0 spiro atoms. The molecule has 1 saturated heterocycles. The molecule has 0 unspecified atom stereocenters.